The molecule has 0 fully saturated rings. The molecule has 0 saturated heterocycles. The van der Waals surface area contributed by atoms with Crippen molar-refractivity contribution in [2.75, 3.05) is 11.4 Å². The number of alkyl halides is 3. The molecule has 0 amide bonds. The van der Waals surface area contributed by atoms with Gasteiger partial charge in [-0.15, -0.1) is 0 Å². The van der Waals surface area contributed by atoms with Gasteiger partial charge < -0.3 is 4.90 Å². The lowest BCUT2D eigenvalue weighted by atomic mass is 10.00. The largest absolute Gasteiger partial charge is 0.416 e. The molecular weight excluding hydrogens is 375 g/mol. The number of rotatable bonds is 3. The Hall–Kier alpha value is -3.15. The first-order chi connectivity index (χ1) is 13.9. The van der Waals surface area contributed by atoms with Gasteiger partial charge in [-0.25, -0.2) is 9.97 Å². The molecule has 2 aromatic carbocycles. The van der Waals surface area contributed by atoms with Crippen LogP contribution >= 0.6 is 0 Å². The van der Waals surface area contributed by atoms with E-state index in [1.165, 1.54) is 17.2 Å². The van der Waals surface area contributed by atoms with Crippen LogP contribution in [0.3, 0.4) is 0 Å². The average Bonchev–Trinajstić information content (AvgIpc) is 2.71. The fourth-order valence-electron chi connectivity index (χ4n) is 3.49. The molecule has 0 saturated carbocycles. The van der Waals surface area contributed by atoms with E-state index in [2.05, 4.69) is 33.1 Å². The summed E-state index contributed by atoms with van der Waals surface area (Å²) in [7, 11) is 0. The number of nitrogens with zero attached hydrogens (tertiary/aromatic N) is 3. The number of aryl methyl sites for hydroxylation is 1. The molecule has 0 unspecified atom stereocenters. The van der Waals surface area contributed by atoms with Gasteiger partial charge in [0.05, 0.1) is 5.56 Å². The van der Waals surface area contributed by atoms with Gasteiger partial charge in [-0.05, 0) is 48.2 Å². The van der Waals surface area contributed by atoms with Gasteiger partial charge in [-0.2, -0.15) is 13.2 Å². The average molecular weight is 395 g/mol. The van der Waals surface area contributed by atoms with Crippen LogP contribution in [0.1, 0.15) is 33.8 Å². The monoisotopic (exact) mass is 395 g/mol. The van der Waals surface area contributed by atoms with E-state index in [0.717, 1.165) is 43.2 Å². The van der Waals surface area contributed by atoms with E-state index >= 15 is 0 Å². The number of hydrogen-bond donors (Lipinski definition) is 0. The predicted molar refractivity (Wildman–Crippen MR) is 108 cm³/mol. The summed E-state index contributed by atoms with van der Waals surface area (Å²) in [5.74, 6) is 1.31. The molecule has 4 rings (SSSR count). The third-order valence-corrected chi connectivity index (χ3v) is 4.95. The molecule has 0 aliphatic carbocycles. The molecule has 3 aromatic rings. The van der Waals surface area contributed by atoms with E-state index in [9.17, 15) is 13.2 Å². The molecule has 0 N–H and O–H groups in total. The van der Waals surface area contributed by atoms with Crippen molar-refractivity contribution < 1.29 is 13.2 Å². The highest BCUT2D eigenvalue weighted by atomic mass is 19.4. The number of benzene rings is 2. The normalized spacial score (nSPS) is 14.3. The zero-order valence-corrected chi connectivity index (χ0v) is 15.9. The van der Waals surface area contributed by atoms with Gasteiger partial charge in [-0.3, -0.25) is 0 Å². The number of halogens is 3. The summed E-state index contributed by atoms with van der Waals surface area (Å²) in [5, 5.41) is 0. The minimum absolute atomic E-state index is 0.457. The van der Waals surface area contributed by atoms with E-state index in [-0.39, 0.29) is 0 Å². The third-order valence-electron chi connectivity index (χ3n) is 4.95. The molecule has 1 aliphatic rings. The number of hydrogen-bond acceptors (Lipinski definition) is 3. The number of aromatic nitrogens is 2. The molecule has 29 heavy (non-hydrogen) atoms. The van der Waals surface area contributed by atoms with Crippen molar-refractivity contribution >= 4 is 18.0 Å². The summed E-state index contributed by atoms with van der Waals surface area (Å²) in [6.07, 6.45) is -0.140. The van der Waals surface area contributed by atoms with Crippen LogP contribution in [0, 0.1) is 6.92 Å². The van der Waals surface area contributed by atoms with Crippen molar-refractivity contribution in [3.05, 3.63) is 88.4 Å². The Morgan fingerprint density at radius 2 is 1.72 bits per heavy atom. The minimum atomic E-state index is -4.36. The SMILES string of the molecule is Cc1cc(N2CCc3ccccc3C2)nc(/C=C/c2cccc(C(F)(F)F)c2)n1. The highest BCUT2D eigenvalue weighted by Gasteiger charge is 2.30. The quantitative estimate of drug-likeness (QED) is 0.583. The van der Waals surface area contributed by atoms with Gasteiger partial charge in [0.1, 0.15) is 5.82 Å². The van der Waals surface area contributed by atoms with Crippen molar-refractivity contribution in [3.8, 4) is 0 Å². The van der Waals surface area contributed by atoms with E-state index in [0.29, 0.717) is 11.4 Å². The summed E-state index contributed by atoms with van der Waals surface area (Å²) < 4.78 is 38.7. The molecule has 0 atom stereocenters. The smallest absolute Gasteiger partial charge is 0.352 e. The Labute approximate surface area is 167 Å². The maximum absolute atomic E-state index is 12.9. The van der Waals surface area contributed by atoms with Crippen LogP contribution in [0.25, 0.3) is 12.2 Å². The summed E-state index contributed by atoms with van der Waals surface area (Å²) in [4.78, 5) is 11.2. The van der Waals surface area contributed by atoms with Crippen LogP contribution < -0.4 is 4.90 Å². The van der Waals surface area contributed by atoms with Gasteiger partial charge in [0.2, 0.25) is 0 Å². The van der Waals surface area contributed by atoms with Gasteiger partial charge in [0.25, 0.3) is 0 Å². The molecule has 1 aliphatic heterocycles. The summed E-state index contributed by atoms with van der Waals surface area (Å²) in [6, 6.07) is 15.5. The maximum Gasteiger partial charge on any atom is 0.416 e. The Morgan fingerprint density at radius 3 is 2.52 bits per heavy atom. The standard InChI is InChI=1S/C23H20F3N3/c1-16-13-22(29-12-11-18-6-2-3-7-19(18)15-29)28-21(27-16)10-9-17-5-4-8-20(14-17)23(24,25)26/h2-10,13-14H,11-12,15H2,1H3/b10-9+. The van der Waals surface area contributed by atoms with Gasteiger partial charge in [0, 0.05) is 24.8 Å². The van der Waals surface area contributed by atoms with E-state index < -0.39 is 11.7 Å². The van der Waals surface area contributed by atoms with E-state index in [1.807, 2.05) is 19.1 Å². The topological polar surface area (TPSA) is 29.0 Å². The molecule has 148 valence electrons. The summed E-state index contributed by atoms with van der Waals surface area (Å²) >= 11 is 0. The molecule has 2 heterocycles. The highest BCUT2D eigenvalue weighted by molar-refractivity contribution is 5.67. The van der Waals surface area contributed by atoms with Crippen molar-refractivity contribution in [1.29, 1.82) is 0 Å². The molecule has 0 radical (unpaired) electrons. The summed E-state index contributed by atoms with van der Waals surface area (Å²) in [6.45, 7) is 3.54. The van der Waals surface area contributed by atoms with Crippen LogP contribution in [0.2, 0.25) is 0 Å². The lowest BCUT2D eigenvalue weighted by molar-refractivity contribution is -0.137. The second kappa shape index (κ2) is 7.70. The lowest BCUT2D eigenvalue weighted by Crippen LogP contribution is -2.31. The van der Waals surface area contributed by atoms with Crippen molar-refractivity contribution in [2.24, 2.45) is 0 Å². The van der Waals surface area contributed by atoms with Crippen LogP contribution in [-0.2, 0) is 19.1 Å². The molecular formula is C23H20F3N3. The van der Waals surface area contributed by atoms with Crippen molar-refractivity contribution in [3.63, 3.8) is 0 Å². The molecule has 1 aromatic heterocycles. The predicted octanol–water partition coefficient (Wildman–Crippen LogP) is 5.54. The summed E-state index contributed by atoms with van der Waals surface area (Å²) in [5.41, 5.74) is 3.25. The first-order valence-electron chi connectivity index (χ1n) is 9.41. The second-order valence-electron chi connectivity index (χ2n) is 7.12. The molecule has 0 bridgehead atoms. The second-order valence-corrected chi connectivity index (χ2v) is 7.12. The van der Waals surface area contributed by atoms with Crippen LogP contribution in [-0.4, -0.2) is 16.5 Å². The van der Waals surface area contributed by atoms with Crippen molar-refractivity contribution in [2.45, 2.75) is 26.1 Å². The maximum atomic E-state index is 12.9. The van der Waals surface area contributed by atoms with Crippen LogP contribution in [0.5, 0.6) is 0 Å². The fourth-order valence-corrected chi connectivity index (χ4v) is 3.49. The first kappa shape index (κ1) is 19.2. The van der Waals surface area contributed by atoms with Gasteiger partial charge in [0.15, 0.2) is 5.82 Å². The van der Waals surface area contributed by atoms with Crippen LogP contribution in [0.4, 0.5) is 19.0 Å². The fraction of sp³-hybridized carbons (Fsp3) is 0.217. The number of anilines is 1. The minimum Gasteiger partial charge on any atom is -0.352 e. The van der Waals surface area contributed by atoms with E-state index in [4.69, 9.17) is 0 Å². The lowest BCUT2D eigenvalue weighted by Gasteiger charge is -2.30. The van der Waals surface area contributed by atoms with E-state index in [1.54, 1.807) is 18.2 Å². The molecule has 0 spiro atoms. The van der Waals surface area contributed by atoms with Gasteiger partial charge >= 0.3 is 6.18 Å². The van der Waals surface area contributed by atoms with Crippen molar-refractivity contribution in [1.82, 2.24) is 9.97 Å². The zero-order chi connectivity index (χ0) is 20.4. The highest BCUT2D eigenvalue weighted by Crippen LogP contribution is 2.30. The Morgan fingerprint density at radius 1 is 0.931 bits per heavy atom. The third kappa shape index (κ3) is 4.47. The molecule has 6 heteroatoms. The number of fused-ring (bicyclic) bond motifs is 1. The Bertz CT molecular complexity index is 1060. The first-order valence-corrected chi connectivity index (χ1v) is 9.41. The Kier molecular flexibility index (Phi) is 5.09. The van der Waals surface area contributed by atoms with Gasteiger partial charge in [-0.1, -0.05) is 42.5 Å². The van der Waals surface area contributed by atoms with Crippen LogP contribution in [0.15, 0.2) is 54.6 Å². The molecule has 3 nitrogen and oxygen atoms in total. The Balaban J connectivity index is 1.57. The zero-order valence-electron chi connectivity index (χ0n) is 15.9.